The highest BCUT2D eigenvalue weighted by Gasteiger charge is 2.11. The van der Waals surface area contributed by atoms with Gasteiger partial charge in [0.2, 0.25) is 0 Å². The number of phenolic OH excluding ortho intramolecular Hbond substituents is 4. The van der Waals surface area contributed by atoms with Gasteiger partial charge in [0, 0.05) is 6.07 Å². The van der Waals surface area contributed by atoms with E-state index in [2.05, 4.69) is 0 Å². The van der Waals surface area contributed by atoms with Gasteiger partial charge in [-0.05, 0) is 78.9 Å². The summed E-state index contributed by atoms with van der Waals surface area (Å²) in [7, 11) is 0. The lowest BCUT2D eigenvalue weighted by molar-refractivity contribution is 0.380. The van der Waals surface area contributed by atoms with E-state index < -0.39 is 0 Å². The van der Waals surface area contributed by atoms with Gasteiger partial charge in [0.25, 0.3) is 0 Å². The Bertz CT molecular complexity index is 963. The minimum Gasteiger partial charge on any atom is -0.508 e. The highest BCUT2D eigenvalue weighted by molar-refractivity contribution is 5.51. The minimum atomic E-state index is -0.142. The van der Waals surface area contributed by atoms with Crippen molar-refractivity contribution in [3.63, 3.8) is 0 Å². The summed E-state index contributed by atoms with van der Waals surface area (Å²) in [5.74, 6) is 0.151. The molecule has 0 saturated carbocycles. The molecule has 0 aliphatic carbocycles. The molecule has 0 unspecified atom stereocenters. The zero-order valence-corrected chi connectivity index (χ0v) is 14.5. The smallest absolute Gasteiger partial charge is 0.172 e. The molecule has 0 radical (unpaired) electrons. The lowest BCUT2D eigenvalue weighted by Crippen LogP contribution is -1.95. The summed E-state index contributed by atoms with van der Waals surface area (Å²) in [6, 6.07) is 12.3. The van der Waals surface area contributed by atoms with E-state index in [-0.39, 0.29) is 34.5 Å². The largest absolute Gasteiger partial charge is 0.508 e. The van der Waals surface area contributed by atoms with Gasteiger partial charge in [-0.25, -0.2) is 0 Å². The van der Waals surface area contributed by atoms with Crippen molar-refractivity contribution in [3.05, 3.63) is 70.8 Å². The van der Waals surface area contributed by atoms with Gasteiger partial charge in [0.05, 0.1) is 0 Å². The van der Waals surface area contributed by atoms with Crippen molar-refractivity contribution in [2.45, 2.75) is 20.3 Å². The van der Waals surface area contributed by atoms with Crippen LogP contribution in [0.3, 0.4) is 0 Å². The molecule has 0 spiro atoms. The number of aryl methyl sites for hydroxylation is 1. The Morgan fingerprint density at radius 2 is 1.50 bits per heavy atom. The van der Waals surface area contributed by atoms with Crippen LogP contribution in [-0.4, -0.2) is 20.4 Å². The number of hydrogen-bond donors (Lipinski definition) is 4. The van der Waals surface area contributed by atoms with Crippen LogP contribution < -0.4 is 4.74 Å². The van der Waals surface area contributed by atoms with Crippen molar-refractivity contribution in [3.8, 4) is 34.5 Å². The Hall–Kier alpha value is -3.34. The van der Waals surface area contributed by atoms with E-state index >= 15 is 0 Å². The van der Waals surface area contributed by atoms with Gasteiger partial charge in [0.15, 0.2) is 23.0 Å². The molecule has 0 atom stereocenters. The van der Waals surface area contributed by atoms with Crippen LogP contribution in [0.2, 0.25) is 0 Å². The Morgan fingerprint density at radius 3 is 2.23 bits per heavy atom. The third-order valence-corrected chi connectivity index (χ3v) is 4.34. The maximum absolute atomic E-state index is 10.3. The monoisotopic (exact) mass is 352 g/mol. The Morgan fingerprint density at radius 1 is 0.731 bits per heavy atom. The molecule has 0 heterocycles. The predicted molar refractivity (Wildman–Crippen MR) is 98.3 cm³/mol. The summed E-state index contributed by atoms with van der Waals surface area (Å²) in [4.78, 5) is 0. The standard InChI is InChI=1S/C21H20O5/c1-12-7-17(23)10-15(13(12)2)8-14-3-6-20(19(25)9-14)26-21-11-16(22)4-5-18(21)24/h3-7,9-11,22-25H,8H2,1-2H3. The molecule has 0 fully saturated rings. The van der Waals surface area contributed by atoms with Crippen LogP contribution in [0.25, 0.3) is 0 Å². The second kappa shape index (κ2) is 6.88. The summed E-state index contributed by atoms with van der Waals surface area (Å²) in [5, 5.41) is 39.3. The molecule has 0 saturated heterocycles. The molecule has 0 amide bonds. The molecule has 134 valence electrons. The Labute approximate surface area is 151 Å². The number of ether oxygens (including phenoxy) is 1. The van der Waals surface area contributed by atoms with Crippen molar-refractivity contribution >= 4 is 0 Å². The number of hydrogen-bond acceptors (Lipinski definition) is 5. The molecule has 0 aliphatic heterocycles. The first-order valence-electron chi connectivity index (χ1n) is 8.14. The van der Waals surface area contributed by atoms with Crippen LogP contribution in [0, 0.1) is 13.8 Å². The fraction of sp³-hybridized carbons (Fsp3) is 0.143. The normalized spacial score (nSPS) is 10.7. The van der Waals surface area contributed by atoms with Crippen LogP contribution in [0.15, 0.2) is 48.5 Å². The number of rotatable bonds is 4. The summed E-state index contributed by atoms with van der Waals surface area (Å²) >= 11 is 0. The van der Waals surface area contributed by atoms with Crippen LogP contribution in [0.1, 0.15) is 22.3 Å². The molecule has 3 aromatic rings. The second-order valence-corrected chi connectivity index (χ2v) is 6.28. The fourth-order valence-corrected chi connectivity index (χ4v) is 2.78. The summed E-state index contributed by atoms with van der Waals surface area (Å²) in [6.07, 6.45) is 0.548. The van der Waals surface area contributed by atoms with Gasteiger partial charge >= 0.3 is 0 Å². The molecule has 0 aromatic heterocycles. The maximum Gasteiger partial charge on any atom is 0.172 e. The molecule has 3 aromatic carbocycles. The SMILES string of the molecule is Cc1cc(O)cc(Cc2ccc(Oc3cc(O)ccc3O)c(O)c2)c1C. The summed E-state index contributed by atoms with van der Waals surface area (Å²) in [6.45, 7) is 3.93. The molecule has 5 heteroatoms. The van der Waals surface area contributed by atoms with Crippen molar-refractivity contribution in [2.75, 3.05) is 0 Å². The van der Waals surface area contributed by atoms with Crippen molar-refractivity contribution in [1.82, 2.24) is 0 Å². The topological polar surface area (TPSA) is 90.2 Å². The van der Waals surface area contributed by atoms with Gasteiger partial charge < -0.3 is 25.2 Å². The molecule has 3 rings (SSSR count). The van der Waals surface area contributed by atoms with Gasteiger partial charge in [-0.1, -0.05) is 6.07 Å². The zero-order chi connectivity index (χ0) is 18.8. The van der Waals surface area contributed by atoms with Crippen LogP contribution in [-0.2, 0) is 6.42 Å². The van der Waals surface area contributed by atoms with E-state index in [4.69, 9.17) is 4.74 Å². The summed E-state index contributed by atoms with van der Waals surface area (Å²) < 4.78 is 5.49. The Kier molecular flexibility index (Phi) is 4.63. The number of benzene rings is 3. The van der Waals surface area contributed by atoms with E-state index in [0.29, 0.717) is 6.42 Å². The van der Waals surface area contributed by atoms with E-state index in [9.17, 15) is 20.4 Å². The average molecular weight is 352 g/mol. The zero-order valence-electron chi connectivity index (χ0n) is 14.5. The van der Waals surface area contributed by atoms with E-state index in [1.54, 1.807) is 30.3 Å². The van der Waals surface area contributed by atoms with Gasteiger partial charge in [-0.2, -0.15) is 0 Å². The minimum absolute atomic E-state index is 0.0486. The quantitative estimate of drug-likeness (QED) is 0.519. The number of phenols is 4. The maximum atomic E-state index is 10.3. The second-order valence-electron chi connectivity index (χ2n) is 6.28. The van der Waals surface area contributed by atoms with E-state index in [1.165, 1.54) is 18.2 Å². The molecular weight excluding hydrogens is 332 g/mol. The van der Waals surface area contributed by atoms with Gasteiger partial charge in [-0.3, -0.25) is 0 Å². The van der Waals surface area contributed by atoms with E-state index in [1.807, 2.05) is 13.8 Å². The third-order valence-electron chi connectivity index (χ3n) is 4.34. The summed E-state index contributed by atoms with van der Waals surface area (Å²) in [5.41, 5.74) is 3.92. The first kappa shape index (κ1) is 17.5. The molecular formula is C21H20O5. The Balaban J connectivity index is 1.85. The van der Waals surface area contributed by atoms with Crippen LogP contribution in [0.4, 0.5) is 0 Å². The van der Waals surface area contributed by atoms with Crippen LogP contribution >= 0.6 is 0 Å². The van der Waals surface area contributed by atoms with Gasteiger partial charge in [0.1, 0.15) is 11.5 Å². The number of aromatic hydroxyl groups is 4. The molecule has 26 heavy (non-hydrogen) atoms. The molecule has 0 aliphatic rings. The molecule has 5 nitrogen and oxygen atoms in total. The lowest BCUT2D eigenvalue weighted by atomic mass is 9.96. The first-order valence-corrected chi connectivity index (χ1v) is 8.14. The average Bonchev–Trinajstić information content (AvgIpc) is 2.58. The van der Waals surface area contributed by atoms with E-state index in [0.717, 1.165) is 22.3 Å². The van der Waals surface area contributed by atoms with Crippen molar-refractivity contribution in [1.29, 1.82) is 0 Å². The fourth-order valence-electron chi connectivity index (χ4n) is 2.78. The van der Waals surface area contributed by atoms with Crippen molar-refractivity contribution in [2.24, 2.45) is 0 Å². The molecule has 0 bridgehead atoms. The third kappa shape index (κ3) is 3.67. The lowest BCUT2D eigenvalue weighted by Gasteiger charge is -2.13. The predicted octanol–water partition coefficient (Wildman–Crippen LogP) is 4.51. The van der Waals surface area contributed by atoms with Gasteiger partial charge in [-0.15, -0.1) is 0 Å². The van der Waals surface area contributed by atoms with Crippen molar-refractivity contribution < 1.29 is 25.2 Å². The molecule has 4 N–H and O–H groups in total. The van der Waals surface area contributed by atoms with Crippen LogP contribution in [0.5, 0.6) is 34.5 Å². The first-order chi connectivity index (χ1) is 12.3. The highest BCUT2D eigenvalue weighted by Crippen LogP contribution is 2.38. The highest BCUT2D eigenvalue weighted by atomic mass is 16.5.